The van der Waals surface area contributed by atoms with E-state index in [4.69, 9.17) is 11.2 Å². The van der Waals surface area contributed by atoms with E-state index in [1.807, 2.05) is 19.1 Å². The molecule has 3 unspecified atom stereocenters. The van der Waals surface area contributed by atoms with E-state index in [0.29, 0.717) is 8.88 Å². The Morgan fingerprint density at radius 3 is 2.23 bits per heavy atom. The van der Waals surface area contributed by atoms with Crippen LogP contribution in [0.1, 0.15) is 0 Å². The summed E-state index contributed by atoms with van der Waals surface area (Å²) in [6, 6.07) is 0. The maximum atomic E-state index is 6.21. The SMILES string of the molecule is CN(C)N1P(Cl)NPNP1N(C)C. The van der Waals surface area contributed by atoms with E-state index < -0.39 is 15.9 Å². The molecule has 1 rings (SSSR count). The van der Waals surface area contributed by atoms with Gasteiger partial charge in [-0.2, -0.15) is 0 Å². The molecule has 1 heterocycles. The lowest BCUT2D eigenvalue weighted by Crippen LogP contribution is -2.38. The summed E-state index contributed by atoms with van der Waals surface area (Å²) in [7, 11) is 7.46. The van der Waals surface area contributed by atoms with Gasteiger partial charge in [0.15, 0.2) is 7.58 Å². The van der Waals surface area contributed by atoms with Crippen LogP contribution in [0.25, 0.3) is 0 Å². The van der Waals surface area contributed by atoms with E-state index in [-0.39, 0.29) is 0 Å². The highest BCUT2D eigenvalue weighted by molar-refractivity contribution is 7.91. The van der Waals surface area contributed by atoms with Crippen molar-refractivity contribution in [3.05, 3.63) is 0 Å². The Balaban J connectivity index is 2.68. The minimum Gasteiger partial charge on any atom is -0.262 e. The minimum atomic E-state index is -0.748. The average molecular weight is 262 g/mol. The van der Waals surface area contributed by atoms with E-state index in [9.17, 15) is 0 Å². The molecule has 0 saturated carbocycles. The molecule has 0 spiro atoms. The lowest BCUT2D eigenvalue weighted by Gasteiger charge is -2.44. The van der Waals surface area contributed by atoms with Crippen LogP contribution in [0.3, 0.4) is 0 Å². The Hall–Kier alpha value is 1.38. The third-order valence-electron chi connectivity index (χ3n) is 1.37. The van der Waals surface area contributed by atoms with Crippen molar-refractivity contribution >= 4 is 36.1 Å². The second-order valence-electron chi connectivity index (χ2n) is 2.86. The second kappa shape index (κ2) is 5.46. The van der Waals surface area contributed by atoms with Gasteiger partial charge in [-0.15, -0.1) is 4.55 Å². The lowest BCUT2D eigenvalue weighted by molar-refractivity contribution is 0.234. The Morgan fingerprint density at radius 2 is 1.85 bits per heavy atom. The maximum Gasteiger partial charge on any atom is 0.162 e. The quantitative estimate of drug-likeness (QED) is 0.740. The molecule has 3 atom stereocenters. The first-order valence-corrected chi connectivity index (χ1v) is 8.15. The third kappa shape index (κ3) is 3.17. The van der Waals surface area contributed by atoms with Crippen molar-refractivity contribution in [2.24, 2.45) is 0 Å². The summed E-state index contributed by atoms with van der Waals surface area (Å²) in [5, 5.41) is 2.04. The van der Waals surface area contributed by atoms with E-state index in [2.05, 4.69) is 33.0 Å². The van der Waals surface area contributed by atoms with Crippen LogP contribution in [0, 0.1) is 0 Å². The van der Waals surface area contributed by atoms with Gasteiger partial charge in [0.05, 0.1) is 0 Å². The molecule has 0 amide bonds. The summed E-state index contributed by atoms with van der Waals surface area (Å²) in [6.07, 6.45) is 0. The third-order valence-corrected chi connectivity index (χ3v) is 8.48. The molecule has 1 aliphatic heterocycles. The molecule has 0 aromatic carbocycles. The van der Waals surface area contributed by atoms with Gasteiger partial charge in [-0.05, 0) is 14.1 Å². The van der Waals surface area contributed by atoms with Gasteiger partial charge >= 0.3 is 0 Å². The van der Waals surface area contributed by atoms with E-state index >= 15 is 0 Å². The molecule has 2 N–H and O–H groups in total. The van der Waals surface area contributed by atoms with Crippen molar-refractivity contribution in [3.63, 3.8) is 0 Å². The van der Waals surface area contributed by atoms with Crippen LogP contribution in [-0.4, -0.2) is 42.4 Å². The molecule has 0 aliphatic carbocycles. The lowest BCUT2D eigenvalue weighted by atomic mass is 11.2. The maximum absolute atomic E-state index is 6.21. The highest BCUT2D eigenvalue weighted by atomic mass is 35.7. The highest BCUT2D eigenvalue weighted by Gasteiger charge is 2.33. The van der Waals surface area contributed by atoms with E-state index in [1.54, 1.807) is 0 Å². The number of hydrogen-bond donors (Lipinski definition) is 2. The summed E-state index contributed by atoms with van der Waals surface area (Å²) in [6.45, 7) is 0. The van der Waals surface area contributed by atoms with Gasteiger partial charge in [-0.3, -0.25) is 4.67 Å². The van der Waals surface area contributed by atoms with Gasteiger partial charge in [0.2, 0.25) is 0 Å². The number of nitrogens with zero attached hydrogens (tertiary/aromatic N) is 3. The number of hydrazine groups is 1. The van der Waals surface area contributed by atoms with Gasteiger partial charge in [0, 0.05) is 23.0 Å². The molecule has 0 bridgehead atoms. The molecule has 5 nitrogen and oxygen atoms in total. The van der Waals surface area contributed by atoms with Crippen molar-refractivity contribution in [3.8, 4) is 0 Å². The zero-order valence-electron chi connectivity index (χ0n) is 8.11. The molecule has 9 heteroatoms. The molecule has 0 radical (unpaired) electrons. The molecular weight excluding hydrogens is 246 g/mol. The molecule has 1 aliphatic rings. The minimum absolute atomic E-state index is 0.484. The molecule has 0 aromatic rings. The van der Waals surface area contributed by atoms with Gasteiger partial charge in [0.1, 0.15) is 8.37 Å². The molecular formula is C4H15ClN5P3. The van der Waals surface area contributed by atoms with Crippen molar-refractivity contribution in [2.75, 3.05) is 28.2 Å². The summed E-state index contributed by atoms with van der Waals surface area (Å²) < 4.78 is 4.32. The number of rotatable bonds is 2. The fraction of sp³-hybridized carbons (Fsp3) is 1.00. The fourth-order valence-corrected chi connectivity index (χ4v) is 8.02. The molecule has 1 saturated heterocycles. The van der Waals surface area contributed by atoms with Crippen LogP contribution in [0.4, 0.5) is 0 Å². The number of nitrogens with one attached hydrogen (secondary N) is 2. The first-order chi connectivity index (χ1) is 6.04. The van der Waals surface area contributed by atoms with Gasteiger partial charge in [-0.1, -0.05) is 11.2 Å². The zero-order chi connectivity index (χ0) is 10.0. The molecule has 1 fully saturated rings. The smallest absolute Gasteiger partial charge is 0.162 e. The monoisotopic (exact) mass is 261 g/mol. The highest BCUT2D eigenvalue weighted by Crippen LogP contribution is 2.62. The van der Waals surface area contributed by atoms with Gasteiger partial charge in [0.25, 0.3) is 0 Å². The predicted octanol–water partition coefficient (Wildman–Crippen LogP) is 1.72. The van der Waals surface area contributed by atoms with Crippen LogP contribution >= 0.6 is 36.1 Å². The van der Waals surface area contributed by atoms with Crippen molar-refractivity contribution in [2.45, 2.75) is 0 Å². The van der Waals surface area contributed by atoms with Crippen LogP contribution in [0.15, 0.2) is 0 Å². The average Bonchev–Trinajstić information content (AvgIpc) is 2.02. The van der Waals surface area contributed by atoms with Crippen LogP contribution < -0.4 is 9.72 Å². The topological polar surface area (TPSA) is 33.8 Å². The first kappa shape index (κ1) is 12.4. The van der Waals surface area contributed by atoms with Crippen molar-refractivity contribution < 1.29 is 0 Å². The van der Waals surface area contributed by atoms with Crippen LogP contribution in [-0.2, 0) is 0 Å². The molecule has 13 heavy (non-hydrogen) atoms. The number of halogens is 1. The Kier molecular flexibility index (Phi) is 5.23. The molecule has 78 valence electrons. The Morgan fingerprint density at radius 1 is 1.23 bits per heavy atom. The van der Waals surface area contributed by atoms with Crippen LogP contribution in [0.2, 0.25) is 0 Å². The Labute approximate surface area is 88.6 Å². The summed E-state index contributed by atoms with van der Waals surface area (Å²) in [5.41, 5.74) is 0. The van der Waals surface area contributed by atoms with E-state index in [0.717, 1.165) is 0 Å². The molecule has 0 aromatic heterocycles. The first-order valence-electron chi connectivity index (χ1n) is 3.71. The summed E-state index contributed by atoms with van der Waals surface area (Å²) >= 11 is 6.21. The summed E-state index contributed by atoms with van der Waals surface area (Å²) in [5.74, 6) is 0. The normalized spacial score (nSPS) is 33.5. The zero-order valence-corrected chi connectivity index (χ0v) is 11.7. The van der Waals surface area contributed by atoms with Crippen LogP contribution in [0.5, 0.6) is 0 Å². The Bertz CT molecular complexity index is 170. The predicted molar refractivity (Wildman–Crippen MR) is 63.5 cm³/mol. The second-order valence-corrected chi connectivity index (χ2v) is 8.83. The largest absolute Gasteiger partial charge is 0.262 e. The van der Waals surface area contributed by atoms with Gasteiger partial charge in [-0.25, -0.2) is 14.7 Å². The van der Waals surface area contributed by atoms with Crippen molar-refractivity contribution in [1.82, 2.24) is 23.9 Å². The van der Waals surface area contributed by atoms with Gasteiger partial charge < -0.3 is 0 Å². The fourth-order valence-electron chi connectivity index (χ4n) is 0.871. The van der Waals surface area contributed by atoms with Crippen molar-refractivity contribution in [1.29, 1.82) is 0 Å². The number of hydrogen-bond acceptors (Lipinski definition) is 5. The standard InChI is InChI=1S/C4H15ClN5P3/c1-8(2)10-12(5)6-11-7-13(10)9(3)4/h6-7,11H,1-4H3. The summed E-state index contributed by atoms with van der Waals surface area (Å²) in [4.78, 5) is 6.62. The van der Waals surface area contributed by atoms with E-state index in [1.165, 1.54) is 0 Å².